The molecule has 0 saturated carbocycles. The topological polar surface area (TPSA) is 101 Å². The van der Waals surface area contributed by atoms with Gasteiger partial charge in [-0.1, -0.05) is 12.1 Å². The van der Waals surface area contributed by atoms with Gasteiger partial charge in [0.15, 0.2) is 5.65 Å². The van der Waals surface area contributed by atoms with Crippen LogP contribution in [0.3, 0.4) is 0 Å². The molecule has 34 heavy (non-hydrogen) atoms. The molecule has 0 unspecified atom stereocenters. The second-order valence-corrected chi connectivity index (χ2v) is 7.94. The molecule has 174 valence electrons. The molecule has 3 N–H and O–H groups in total. The van der Waals surface area contributed by atoms with Crippen LogP contribution in [-0.2, 0) is 0 Å². The maximum Gasteiger partial charge on any atom is 0.182 e. The molecular weight excluding hydrogens is 506 g/mol. The molecule has 10 heteroatoms. The number of aromatic nitrogens is 3. The van der Waals surface area contributed by atoms with E-state index in [1.807, 2.05) is 24.3 Å². The Bertz CT molecular complexity index is 1380. The summed E-state index contributed by atoms with van der Waals surface area (Å²) in [5.41, 5.74) is 2.60. The highest BCUT2D eigenvalue weighted by atomic mass is 79.9. The zero-order valence-electron chi connectivity index (χ0n) is 18.2. The van der Waals surface area contributed by atoms with E-state index in [2.05, 4.69) is 31.5 Å². The van der Waals surface area contributed by atoms with Gasteiger partial charge < -0.3 is 15.3 Å². The van der Waals surface area contributed by atoms with Gasteiger partial charge in [-0.2, -0.15) is 10.4 Å². The molecule has 2 aromatic heterocycles. The van der Waals surface area contributed by atoms with Gasteiger partial charge in [0, 0.05) is 55.3 Å². The fourth-order valence-electron chi connectivity index (χ4n) is 4.33. The second kappa shape index (κ2) is 9.37. The number of hydrogen-bond acceptors (Lipinski definition) is 6. The number of anilines is 1. The lowest BCUT2D eigenvalue weighted by molar-refractivity contribution is 0.461. The highest BCUT2D eigenvalue weighted by molar-refractivity contribution is 8.93. The first kappa shape index (κ1) is 23.6. The molecule has 0 amide bonds. The lowest BCUT2D eigenvalue weighted by atomic mass is 9.92. The highest BCUT2D eigenvalue weighted by Crippen LogP contribution is 2.40. The molecule has 0 bridgehead atoms. The van der Waals surface area contributed by atoms with E-state index >= 15 is 0 Å². The smallest absolute Gasteiger partial charge is 0.182 e. The van der Waals surface area contributed by atoms with Gasteiger partial charge in [-0.05, 0) is 24.6 Å². The van der Waals surface area contributed by atoms with Crippen molar-refractivity contribution in [2.24, 2.45) is 0 Å². The third kappa shape index (κ3) is 3.97. The molecule has 2 aromatic carbocycles. The summed E-state index contributed by atoms with van der Waals surface area (Å²) in [6.45, 7) is 5.41. The van der Waals surface area contributed by atoms with E-state index in [9.17, 15) is 19.1 Å². The minimum absolute atomic E-state index is 0. The van der Waals surface area contributed by atoms with Crippen molar-refractivity contribution in [3.05, 3.63) is 59.3 Å². The number of rotatable bonds is 3. The van der Waals surface area contributed by atoms with Crippen LogP contribution in [0.5, 0.6) is 5.75 Å². The number of aryl methyl sites for hydroxylation is 1. The van der Waals surface area contributed by atoms with Crippen molar-refractivity contribution in [2.45, 2.75) is 6.92 Å². The number of H-pyrrole nitrogens is 1. The lowest BCUT2D eigenvalue weighted by Crippen LogP contribution is -2.43. The minimum Gasteiger partial charge on any atom is -0.508 e. The van der Waals surface area contributed by atoms with Crippen LogP contribution in [0.25, 0.3) is 33.4 Å². The van der Waals surface area contributed by atoms with Gasteiger partial charge >= 0.3 is 0 Å². The summed E-state index contributed by atoms with van der Waals surface area (Å²) < 4.78 is 29.4. The van der Waals surface area contributed by atoms with Crippen LogP contribution in [-0.4, -0.2) is 46.5 Å². The summed E-state index contributed by atoms with van der Waals surface area (Å²) in [5.74, 6) is -2.57. The number of nitrogens with one attached hydrogen (secondary N) is 2. The standard InChI is InChI=1S/C24H20F2N6O.BrH/c1-13-20-21(14-2-4-15(5-3-14)32-8-6-28-7-9-32)17(12-27)23(29-24(20)31-30-13)22-18(25)10-16(33)11-19(22)26;/h2-5,10-11,28,33H,6-9H2,1H3,(H,29,30,31);1H. The zero-order valence-corrected chi connectivity index (χ0v) is 19.9. The molecule has 7 nitrogen and oxygen atoms in total. The van der Waals surface area contributed by atoms with Crippen LogP contribution >= 0.6 is 17.0 Å². The van der Waals surface area contributed by atoms with Crippen molar-refractivity contribution in [2.75, 3.05) is 31.1 Å². The molecule has 5 rings (SSSR count). The van der Waals surface area contributed by atoms with Crippen LogP contribution in [0.1, 0.15) is 11.3 Å². The van der Waals surface area contributed by atoms with Crippen molar-refractivity contribution >= 4 is 33.7 Å². The van der Waals surface area contributed by atoms with E-state index in [1.54, 1.807) is 6.92 Å². The fourth-order valence-corrected chi connectivity index (χ4v) is 4.33. The lowest BCUT2D eigenvalue weighted by Gasteiger charge is -2.29. The largest absolute Gasteiger partial charge is 0.508 e. The van der Waals surface area contributed by atoms with Crippen LogP contribution in [0.4, 0.5) is 14.5 Å². The number of piperazine rings is 1. The molecule has 1 aliphatic heterocycles. The second-order valence-electron chi connectivity index (χ2n) is 7.94. The van der Waals surface area contributed by atoms with Crippen LogP contribution in [0.2, 0.25) is 0 Å². The van der Waals surface area contributed by atoms with E-state index in [1.165, 1.54) is 0 Å². The molecule has 0 radical (unpaired) electrons. The summed E-state index contributed by atoms with van der Waals surface area (Å²) in [6, 6.07) is 11.4. The van der Waals surface area contributed by atoms with Gasteiger partial charge in [-0.25, -0.2) is 13.8 Å². The van der Waals surface area contributed by atoms with Gasteiger partial charge in [-0.3, -0.25) is 5.10 Å². The molecule has 3 heterocycles. The summed E-state index contributed by atoms with van der Waals surface area (Å²) in [4.78, 5) is 6.59. The number of phenols is 1. The molecular formula is C24H21BrF2N6O. The molecule has 1 aliphatic rings. The molecule has 0 atom stereocenters. The van der Waals surface area contributed by atoms with E-state index in [0.29, 0.717) is 22.2 Å². The predicted octanol–water partition coefficient (Wildman–Crippen LogP) is 4.44. The van der Waals surface area contributed by atoms with E-state index < -0.39 is 22.9 Å². The normalized spacial score (nSPS) is 13.5. The Morgan fingerprint density at radius 2 is 1.71 bits per heavy atom. The number of pyridine rings is 1. The van der Waals surface area contributed by atoms with Crippen molar-refractivity contribution in [3.8, 4) is 34.2 Å². The third-order valence-corrected chi connectivity index (χ3v) is 5.90. The minimum atomic E-state index is -1.01. The number of hydrogen-bond donors (Lipinski definition) is 3. The van der Waals surface area contributed by atoms with Crippen LogP contribution in [0.15, 0.2) is 36.4 Å². The summed E-state index contributed by atoms with van der Waals surface area (Å²) in [7, 11) is 0. The number of aromatic amines is 1. The Hall–Kier alpha value is -3.55. The SMILES string of the molecule is Br.Cc1[nH]nc2nc(-c3c(F)cc(O)cc3F)c(C#N)c(-c3ccc(N4CCNCC4)cc3)c12. The van der Waals surface area contributed by atoms with Crippen molar-refractivity contribution in [3.63, 3.8) is 0 Å². The van der Waals surface area contributed by atoms with E-state index in [0.717, 1.165) is 44.0 Å². The van der Waals surface area contributed by atoms with Gasteiger partial charge in [-0.15, -0.1) is 17.0 Å². The van der Waals surface area contributed by atoms with Crippen LogP contribution in [0, 0.1) is 29.9 Å². The van der Waals surface area contributed by atoms with E-state index in [4.69, 9.17) is 0 Å². The third-order valence-electron chi connectivity index (χ3n) is 5.90. The summed E-state index contributed by atoms with van der Waals surface area (Å²) in [5, 5.41) is 30.6. The number of nitrogens with zero attached hydrogens (tertiary/aromatic N) is 4. The maximum absolute atomic E-state index is 14.7. The number of aromatic hydroxyl groups is 1. The molecule has 4 aromatic rings. The van der Waals surface area contributed by atoms with Gasteiger partial charge in [0.05, 0.1) is 22.2 Å². The fraction of sp³-hybridized carbons (Fsp3) is 0.208. The van der Waals surface area contributed by atoms with Crippen molar-refractivity contribution in [1.29, 1.82) is 5.26 Å². The Balaban J connectivity index is 0.00000274. The first-order valence-corrected chi connectivity index (χ1v) is 10.5. The predicted molar refractivity (Wildman–Crippen MR) is 131 cm³/mol. The quantitative estimate of drug-likeness (QED) is 0.364. The van der Waals surface area contributed by atoms with Crippen molar-refractivity contribution in [1.82, 2.24) is 20.5 Å². The molecule has 0 aliphatic carbocycles. The number of fused-ring (bicyclic) bond motifs is 1. The maximum atomic E-state index is 14.7. The average molecular weight is 527 g/mol. The Morgan fingerprint density at radius 3 is 2.32 bits per heavy atom. The zero-order chi connectivity index (χ0) is 23.1. The number of nitriles is 1. The number of benzene rings is 2. The van der Waals surface area contributed by atoms with Gasteiger partial charge in [0.1, 0.15) is 23.5 Å². The first-order chi connectivity index (χ1) is 16.0. The summed E-state index contributed by atoms with van der Waals surface area (Å²) >= 11 is 0. The van der Waals surface area contributed by atoms with E-state index in [-0.39, 0.29) is 33.9 Å². The van der Waals surface area contributed by atoms with Crippen LogP contribution < -0.4 is 10.2 Å². The first-order valence-electron chi connectivity index (χ1n) is 10.5. The Labute approximate surface area is 204 Å². The highest BCUT2D eigenvalue weighted by Gasteiger charge is 2.25. The number of phenolic OH excluding ortho intramolecular Hbond substituents is 1. The van der Waals surface area contributed by atoms with Gasteiger partial charge in [0.25, 0.3) is 0 Å². The monoisotopic (exact) mass is 526 g/mol. The Kier molecular flexibility index (Phi) is 6.50. The van der Waals surface area contributed by atoms with Gasteiger partial charge in [0.2, 0.25) is 0 Å². The molecule has 1 saturated heterocycles. The van der Waals surface area contributed by atoms with Crippen molar-refractivity contribution < 1.29 is 13.9 Å². The molecule has 1 fully saturated rings. The number of halogens is 3. The summed E-state index contributed by atoms with van der Waals surface area (Å²) in [6.07, 6.45) is 0. The Morgan fingerprint density at radius 1 is 1.06 bits per heavy atom. The average Bonchev–Trinajstić information content (AvgIpc) is 3.18. The molecule has 0 spiro atoms.